The first-order chi connectivity index (χ1) is 4.83. The van der Waals surface area contributed by atoms with Crippen molar-refractivity contribution in [1.29, 1.82) is 0 Å². The molecule has 1 aliphatic rings. The summed E-state index contributed by atoms with van der Waals surface area (Å²) < 4.78 is 12.4. The number of alkyl halides is 1. The Morgan fingerprint density at radius 2 is 2.50 bits per heavy atom. The van der Waals surface area contributed by atoms with Crippen LogP contribution in [0.2, 0.25) is 0 Å². The second-order valence-corrected chi connectivity index (χ2v) is 1.99. The average Bonchev–Trinajstić information content (AvgIpc) is 2.13. The largest absolute Gasteiger partial charge is 0.258 e. The van der Waals surface area contributed by atoms with Crippen LogP contribution in [-0.4, -0.2) is 17.2 Å². The van der Waals surface area contributed by atoms with Crippen molar-refractivity contribution >= 4 is 17.8 Å². The Bertz CT molecular complexity index is 198. The topological polar surface area (TPSA) is 15.6 Å². The monoisotopic (exact) mass is 160 g/mol. The van der Waals surface area contributed by atoms with Gasteiger partial charge in [0.2, 0.25) is 0 Å². The normalized spacial score (nSPS) is 17.0. The van der Waals surface area contributed by atoms with Gasteiger partial charge in [0.25, 0.3) is 0 Å². The lowest BCUT2D eigenvalue weighted by Crippen LogP contribution is -1.94. The minimum absolute atomic E-state index is 0.221. The summed E-state index contributed by atoms with van der Waals surface area (Å²) in [5, 5.41) is 0.421. The molecule has 1 aliphatic heterocycles. The molecule has 0 saturated heterocycles. The fourth-order valence-electron chi connectivity index (χ4n) is 0.547. The molecule has 54 valence electrons. The molecule has 4 heteroatoms. The van der Waals surface area contributed by atoms with Crippen molar-refractivity contribution in [2.75, 3.05) is 5.88 Å². The van der Waals surface area contributed by atoms with E-state index in [0.29, 0.717) is 10.8 Å². The molecule has 0 aromatic heterocycles. The molecule has 0 N–H and O–H groups in total. The van der Waals surface area contributed by atoms with Crippen molar-refractivity contribution in [3.63, 3.8) is 0 Å². The highest BCUT2D eigenvalue weighted by molar-refractivity contribution is 6.19. The van der Waals surface area contributed by atoms with Gasteiger partial charge >= 0.3 is 0 Å². The third-order valence-corrected chi connectivity index (χ3v) is 1.24. The highest BCUT2D eigenvalue weighted by Crippen LogP contribution is 2.05. The van der Waals surface area contributed by atoms with Crippen LogP contribution in [0.1, 0.15) is 0 Å². The molecular weight excluding hydrogens is 155 g/mol. The van der Waals surface area contributed by atoms with Gasteiger partial charge in [-0.15, -0.1) is 11.6 Å². The van der Waals surface area contributed by atoms with Crippen LogP contribution >= 0.6 is 11.6 Å². The minimum Gasteiger partial charge on any atom is -0.258 e. The quantitative estimate of drug-likeness (QED) is 0.422. The number of hydrogen-bond acceptors (Lipinski definition) is 2. The standard InChI is InChI=1S/C6H6ClFN2/c7-4-6-5-10(8)3-1-2-9-6/h1-3,5H,4H2. The van der Waals surface area contributed by atoms with Gasteiger partial charge in [-0.2, -0.15) is 5.12 Å². The zero-order chi connectivity index (χ0) is 7.40. The Hall–Kier alpha value is -0.830. The van der Waals surface area contributed by atoms with Crippen LogP contribution in [0, 0.1) is 0 Å². The molecule has 2 nitrogen and oxygen atoms in total. The molecule has 1 rings (SSSR count). The number of aliphatic imine (C=N–C) groups is 1. The Morgan fingerprint density at radius 3 is 3.20 bits per heavy atom. The number of halogens is 2. The summed E-state index contributed by atoms with van der Waals surface area (Å²) in [7, 11) is 0. The fourth-order valence-corrected chi connectivity index (χ4v) is 0.685. The Morgan fingerprint density at radius 1 is 1.70 bits per heavy atom. The Balaban J connectivity index is 2.74. The second-order valence-electron chi connectivity index (χ2n) is 1.72. The van der Waals surface area contributed by atoms with E-state index in [-0.39, 0.29) is 5.88 Å². The van der Waals surface area contributed by atoms with Gasteiger partial charge < -0.3 is 0 Å². The van der Waals surface area contributed by atoms with Gasteiger partial charge in [-0.3, -0.25) is 4.99 Å². The van der Waals surface area contributed by atoms with Gasteiger partial charge in [0.15, 0.2) is 0 Å². The summed E-state index contributed by atoms with van der Waals surface area (Å²) in [5.74, 6) is 0.221. The summed E-state index contributed by atoms with van der Waals surface area (Å²) in [5.41, 5.74) is 0.508. The van der Waals surface area contributed by atoms with Crippen molar-refractivity contribution in [2.24, 2.45) is 4.99 Å². The predicted molar refractivity (Wildman–Crippen MR) is 39.4 cm³/mol. The number of hydrogen-bond donors (Lipinski definition) is 0. The SMILES string of the molecule is FN1C=CC=NC(CCl)=C1. The zero-order valence-electron chi connectivity index (χ0n) is 5.17. The maximum atomic E-state index is 12.4. The smallest absolute Gasteiger partial charge is 0.0741 e. The molecule has 0 saturated carbocycles. The molecule has 0 aromatic rings. The maximum Gasteiger partial charge on any atom is 0.0741 e. The van der Waals surface area contributed by atoms with E-state index in [0.717, 1.165) is 0 Å². The number of nitrogens with zero attached hydrogens (tertiary/aromatic N) is 2. The van der Waals surface area contributed by atoms with E-state index in [4.69, 9.17) is 11.6 Å². The molecule has 0 atom stereocenters. The van der Waals surface area contributed by atoms with Gasteiger partial charge in [0.05, 0.1) is 17.8 Å². The molecular formula is C6H6ClFN2. The van der Waals surface area contributed by atoms with Crippen LogP contribution < -0.4 is 0 Å². The van der Waals surface area contributed by atoms with Crippen LogP contribution in [0.4, 0.5) is 4.48 Å². The number of allylic oxidation sites excluding steroid dienone is 2. The van der Waals surface area contributed by atoms with Gasteiger partial charge in [-0.05, 0) is 6.08 Å². The first-order valence-electron chi connectivity index (χ1n) is 2.74. The molecule has 0 radical (unpaired) electrons. The average molecular weight is 161 g/mol. The van der Waals surface area contributed by atoms with E-state index < -0.39 is 0 Å². The Labute approximate surface area is 63.2 Å². The van der Waals surface area contributed by atoms with Crippen molar-refractivity contribution < 1.29 is 4.48 Å². The highest BCUT2D eigenvalue weighted by Gasteiger charge is 1.97. The van der Waals surface area contributed by atoms with E-state index in [9.17, 15) is 4.48 Å². The molecule has 10 heavy (non-hydrogen) atoms. The molecule has 0 aliphatic carbocycles. The van der Waals surface area contributed by atoms with E-state index in [1.807, 2.05) is 0 Å². The fraction of sp³-hybridized carbons (Fsp3) is 0.167. The zero-order valence-corrected chi connectivity index (χ0v) is 5.92. The molecule has 0 unspecified atom stereocenters. The van der Waals surface area contributed by atoms with Gasteiger partial charge in [0.1, 0.15) is 0 Å². The molecule has 0 fully saturated rings. The van der Waals surface area contributed by atoms with E-state index in [1.54, 1.807) is 0 Å². The molecule has 1 heterocycles. The first kappa shape index (κ1) is 7.28. The summed E-state index contributed by atoms with van der Waals surface area (Å²) in [6.07, 6.45) is 5.47. The van der Waals surface area contributed by atoms with E-state index in [2.05, 4.69) is 4.99 Å². The third-order valence-electron chi connectivity index (χ3n) is 0.964. The number of rotatable bonds is 1. The summed E-state index contributed by atoms with van der Waals surface area (Å²) in [4.78, 5) is 3.83. The van der Waals surface area contributed by atoms with Crippen LogP contribution in [0.15, 0.2) is 29.2 Å². The molecule has 0 spiro atoms. The lowest BCUT2D eigenvalue weighted by atomic mass is 10.5. The van der Waals surface area contributed by atoms with Gasteiger partial charge in [0, 0.05) is 12.4 Å². The summed E-state index contributed by atoms with van der Waals surface area (Å²) in [6.45, 7) is 0. The van der Waals surface area contributed by atoms with Crippen molar-refractivity contribution in [3.8, 4) is 0 Å². The van der Waals surface area contributed by atoms with Gasteiger partial charge in [-0.25, -0.2) is 0 Å². The lowest BCUT2D eigenvalue weighted by Gasteiger charge is -1.98. The summed E-state index contributed by atoms with van der Waals surface area (Å²) in [6, 6.07) is 0. The van der Waals surface area contributed by atoms with Crippen LogP contribution in [0.25, 0.3) is 0 Å². The summed E-state index contributed by atoms with van der Waals surface area (Å²) >= 11 is 5.42. The van der Waals surface area contributed by atoms with Crippen molar-refractivity contribution in [1.82, 2.24) is 5.12 Å². The maximum absolute atomic E-state index is 12.4. The van der Waals surface area contributed by atoms with Crippen LogP contribution in [0.3, 0.4) is 0 Å². The van der Waals surface area contributed by atoms with Gasteiger partial charge in [-0.1, -0.05) is 4.48 Å². The Kier molecular flexibility index (Phi) is 2.45. The minimum atomic E-state index is 0.221. The molecule has 0 amide bonds. The predicted octanol–water partition coefficient (Wildman–Crippen LogP) is 1.85. The van der Waals surface area contributed by atoms with Crippen molar-refractivity contribution in [2.45, 2.75) is 0 Å². The van der Waals surface area contributed by atoms with E-state index in [1.165, 1.54) is 24.7 Å². The van der Waals surface area contributed by atoms with Crippen LogP contribution in [-0.2, 0) is 0 Å². The highest BCUT2D eigenvalue weighted by atomic mass is 35.5. The third kappa shape index (κ3) is 1.84. The second kappa shape index (κ2) is 3.37. The van der Waals surface area contributed by atoms with Crippen molar-refractivity contribution in [3.05, 3.63) is 24.2 Å². The lowest BCUT2D eigenvalue weighted by molar-refractivity contribution is 0.158. The molecule has 0 bridgehead atoms. The molecule has 0 aromatic carbocycles. The first-order valence-corrected chi connectivity index (χ1v) is 3.28. The van der Waals surface area contributed by atoms with E-state index >= 15 is 0 Å². The van der Waals surface area contributed by atoms with Crippen LogP contribution in [0.5, 0.6) is 0 Å².